The van der Waals surface area contributed by atoms with E-state index in [1.807, 2.05) is 34.7 Å². The summed E-state index contributed by atoms with van der Waals surface area (Å²) in [6.45, 7) is 2.02. The van der Waals surface area contributed by atoms with Gasteiger partial charge in [-0.05, 0) is 28.7 Å². The molecule has 0 aliphatic rings. The van der Waals surface area contributed by atoms with Crippen molar-refractivity contribution in [1.29, 1.82) is 0 Å². The lowest BCUT2D eigenvalue weighted by atomic mass is 10.0. The van der Waals surface area contributed by atoms with Crippen LogP contribution in [-0.4, -0.2) is 17.7 Å². The second-order valence-corrected chi connectivity index (χ2v) is 4.78. The Labute approximate surface area is 122 Å². The highest BCUT2D eigenvalue weighted by molar-refractivity contribution is 14.1. The quantitative estimate of drug-likeness (QED) is 0.470. The molecule has 92 valence electrons. The number of aliphatic hydroxyl groups is 1. The molecule has 17 heavy (non-hydrogen) atoms. The Balaban J connectivity index is 2.90. The van der Waals surface area contributed by atoms with E-state index < -0.39 is 12.1 Å². The first kappa shape index (κ1) is 14.7. The van der Waals surface area contributed by atoms with E-state index in [2.05, 4.69) is 15.9 Å². The van der Waals surface area contributed by atoms with Crippen LogP contribution in [0.2, 0.25) is 0 Å². The summed E-state index contributed by atoms with van der Waals surface area (Å²) in [6.07, 6.45) is -0.959. The molecule has 0 spiro atoms. The summed E-state index contributed by atoms with van der Waals surface area (Å²) in [6, 6.07) is 7.14. The first-order chi connectivity index (χ1) is 8.10. The highest BCUT2D eigenvalue weighted by Gasteiger charge is 2.20. The number of hydrogen-bond acceptors (Lipinski definition) is 3. The van der Waals surface area contributed by atoms with E-state index >= 15 is 0 Å². The van der Waals surface area contributed by atoms with Gasteiger partial charge in [0.15, 0.2) is 0 Å². The van der Waals surface area contributed by atoms with Gasteiger partial charge in [-0.3, -0.25) is 0 Å². The summed E-state index contributed by atoms with van der Waals surface area (Å²) >= 11 is 5.23. The van der Waals surface area contributed by atoms with Gasteiger partial charge in [0.25, 0.3) is 0 Å². The van der Waals surface area contributed by atoms with Crippen LogP contribution in [0.5, 0.6) is 0 Å². The van der Waals surface area contributed by atoms with Crippen LogP contribution >= 0.6 is 38.5 Å². The summed E-state index contributed by atoms with van der Waals surface area (Å²) < 4.78 is 7.35. The van der Waals surface area contributed by atoms with Crippen LogP contribution in [-0.2, 0) is 9.53 Å². The van der Waals surface area contributed by atoms with E-state index in [0.717, 1.165) is 4.47 Å². The minimum absolute atomic E-state index is 0.245. The zero-order valence-corrected chi connectivity index (χ0v) is 12.9. The normalized spacial score (nSPS) is 13.3. The van der Waals surface area contributed by atoms with E-state index in [-0.39, 0.29) is 5.57 Å². The Hall–Kier alpha value is -0.400. The molecular formula is C12H12BrIO3. The van der Waals surface area contributed by atoms with Crippen LogP contribution in [0.3, 0.4) is 0 Å². The zero-order valence-electron chi connectivity index (χ0n) is 9.19. The molecule has 1 aromatic carbocycles. The lowest BCUT2D eigenvalue weighted by Gasteiger charge is -2.13. The summed E-state index contributed by atoms with van der Waals surface area (Å²) in [4.78, 5) is 11.6. The van der Waals surface area contributed by atoms with Crippen molar-refractivity contribution in [3.63, 3.8) is 0 Å². The van der Waals surface area contributed by atoms with Crippen molar-refractivity contribution in [2.45, 2.75) is 13.0 Å². The van der Waals surface area contributed by atoms with E-state index in [9.17, 15) is 9.90 Å². The number of esters is 1. The molecule has 1 rings (SSSR count). The Morgan fingerprint density at radius 3 is 2.59 bits per heavy atom. The smallest absolute Gasteiger partial charge is 0.337 e. The van der Waals surface area contributed by atoms with Crippen LogP contribution in [0.15, 0.2) is 38.4 Å². The number of ether oxygens (including phenoxy) is 1. The highest BCUT2D eigenvalue weighted by atomic mass is 127. The van der Waals surface area contributed by atoms with Crippen molar-refractivity contribution >= 4 is 44.5 Å². The van der Waals surface area contributed by atoms with Crippen molar-refractivity contribution in [1.82, 2.24) is 0 Å². The molecule has 3 nitrogen and oxygen atoms in total. The van der Waals surface area contributed by atoms with Gasteiger partial charge < -0.3 is 9.84 Å². The Bertz CT molecular complexity index is 414. The summed E-state index contributed by atoms with van der Waals surface area (Å²) in [5.74, 6) is -0.489. The van der Waals surface area contributed by atoms with Crippen molar-refractivity contribution in [2.75, 3.05) is 6.61 Å². The zero-order chi connectivity index (χ0) is 12.8. The fourth-order valence-corrected chi connectivity index (χ4v) is 2.11. The second-order valence-electron chi connectivity index (χ2n) is 3.24. The van der Waals surface area contributed by atoms with Crippen LogP contribution in [0.1, 0.15) is 18.6 Å². The van der Waals surface area contributed by atoms with Crippen molar-refractivity contribution in [3.05, 3.63) is 44.0 Å². The molecule has 1 atom stereocenters. The summed E-state index contributed by atoms with van der Waals surface area (Å²) in [5, 5.41) is 10.1. The number of benzene rings is 1. The van der Waals surface area contributed by atoms with Crippen LogP contribution < -0.4 is 0 Å². The monoisotopic (exact) mass is 410 g/mol. The van der Waals surface area contributed by atoms with Gasteiger partial charge in [-0.25, -0.2) is 4.79 Å². The minimum Gasteiger partial charge on any atom is -0.463 e. The van der Waals surface area contributed by atoms with E-state index in [0.29, 0.717) is 12.2 Å². The number of hydrogen-bond donors (Lipinski definition) is 1. The number of halogens is 2. The van der Waals surface area contributed by atoms with Crippen LogP contribution in [0, 0.1) is 0 Å². The number of carbonyl (C=O) groups is 1. The number of carbonyl (C=O) groups excluding carboxylic acids is 1. The second kappa shape index (κ2) is 7.13. The van der Waals surface area contributed by atoms with Gasteiger partial charge in [-0.15, -0.1) is 0 Å². The molecule has 5 heteroatoms. The van der Waals surface area contributed by atoms with E-state index in [1.54, 1.807) is 23.1 Å². The molecule has 0 aliphatic heterocycles. The molecular weight excluding hydrogens is 399 g/mol. The first-order valence-corrected chi connectivity index (χ1v) is 7.05. The highest BCUT2D eigenvalue weighted by Crippen LogP contribution is 2.25. The van der Waals surface area contributed by atoms with E-state index in [4.69, 9.17) is 4.74 Å². The predicted molar refractivity (Wildman–Crippen MR) is 77.8 cm³/mol. The number of rotatable bonds is 4. The van der Waals surface area contributed by atoms with Crippen molar-refractivity contribution < 1.29 is 14.6 Å². The molecule has 1 aromatic rings. The van der Waals surface area contributed by atoms with Gasteiger partial charge in [0.2, 0.25) is 0 Å². The molecule has 1 unspecified atom stereocenters. The molecule has 0 saturated carbocycles. The molecule has 0 bridgehead atoms. The van der Waals surface area contributed by atoms with Gasteiger partial charge >= 0.3 is 5.97 Å². The third-order valence-electron chi connectivity index (χ3n) is 2.11. The molecule has 0 aromatic heterocycles. The maximum atomic E-state index is 11.6. The molecule has 0 fully saturated rings. The van der Waals surface area contributed by atoms with Gasteiger partial charge in [0.05, 0.1) is 12.2 Å². The Morgan fingerprint density at radius 1 is 1.53 bits per heavy atom. The van der Waals surface area contributed by atoms with Gasteiger partial charge in [0.1, 0.15) is 6.10 Å². The molecule has 0 heterocycles. The third-order valence-corrected chi connectivity index (χ3v) is 3.31. The molecule has 0 saturated heterocycles. The van der Waals surface area contributed by atoms with Gasteiger partial charge in [-0.1, -0.05) is 50.7 Å². The maximum absolute atomic E-state index is 11.6. The summed E-state index contributed by atoms with van der Waals surface area (Å²) in [5.41, 5.74) is 0.902. The lowest BCUT2D eigenvalue weighted by molar-refractivity contribution is -0.139. The fourth-order valence-electron chi connectivity index (χ4n) is 1.25. The standard InChI is InChI=1S/C12H12BrIO3/c1-2-17-12(16)10(7-14)11(15)8-3-5-9(13)6-4-8/h3-7,11,15H,2H2,1H3. The van der Waals surface area contributed by atoms with Crippen molar-refractivity contribution in [3.8, 4) is 0 Å². The predicted octanol–water partition coefficient (Wildman–Crippen LogP) is 3.36. The van der Waals surface area contributed by atoms with Gasteiger partial charge in [-0.2, -0.15) is 0 Å². The average Bonchev–Trinajstić information content (AvgIpc) is 2.31. The van der Waals surface area contributed by atoms with Crippen LogP contribution in [0.4, 0.5) is 0 Å². The average molecular weight is 411 g/mol. The van der Waals surface area contributed by atoms with E-state index in [1.165, 1.54) is 0 Å². The SMILES string of the molecule is CCOC(=O)C(=CI)C(O)c1ccc(Br)cc1. The topological polar surface area (TPSA) is 46.5 Å². The fraction of sp³-hybridized carbons (Fsp3) is 0.250. The van der Waals surface area contributed by atoms with Crippen molar-refractivity contribution in [2.24, 2.45) is 0 Å². The molecule has 1 N–H and O–H groups in total. The first-order valence-electron chi connectivity index (χ1n) is 5.01. The molecule has 0 radical (unpaired) electrons. The third kappa shape index (κ3) is 4.08. The summed E-state index contributed by atoms with van der Waals surface area (Å²) in [7, 11) is 0. The largest absolute Gasteiger partial charge is 0.463 e. The molecule has 0 amide bonds. The van der Waals surface area contributed by atoms with Crippen LogP contribution in [0.25, 0.3) is 0 Å². The molecule has 0 aliphatic carbocycles. The van der Waals surface area contributed by atoms with Gasteiger partial charge in [0, 0.05) is 4.47 Å². The number of aliphatic hydroxyl groups excluding tert-OH is 1. The maximum Gasteiger partial charge on any atom is 0.337 e. The lowest BCUT2D eigenvalue weighted by Crippen LogP contribution is -2.14. The Kier molecular flexibility index (Phi) is 6.15. The minimum atomic E-state index is -0.959. The Morgan fingerprint density at radius 2 is 2.12 bits per heavy atom.